The summed E-state index contributed by atoms with van der Waals surface area (Å²) in [7, 11) is 0. The van der Waals surface area contributed by atoms with E-state index in [1.165, 1.54) is 11.3 Å². The standard InChI is InChI=1S/C14H15N3O2S/c1-2-11-8-16-12(19-11)9-17-14(18)13-10(4-3-6-15)5-7-20-13/h5,7-8H,2,6,9,15H2,1H3,(H,17,18). The van der Waals surface area contributed by atoms with E-state index in [4.69, 9.17) is 10.2 Å². The molecule has 2 aromatic rings. The predicted octanol–water partition coefficient (Wildman–Crippen LogP) is 1.54. The molecule has 104 valence electrons. The molecule has 0 atom stereocenters. The van der Waals surface area contributed by atoms with Crippen molar-refractivity contribution >= 4 is 17.2 Å². The predicted molar refractivity (Wildman–Crippen MR) is 77.3 cm³/mol. The van der Waals surface area contributed by atoms with Gasteiger partial charge in [-0.2, -0.15) is 0 Å². The van der Waals surface area contributed by atoms with Gasteiger partial charge in [-0.05, 0) is 11.4 Å². The number of thiophene rings is 1. The lowest BCUT2D eigenvalue weighted by Crippen LogP contribution is -2.22. The first-order valence-corrected chi connectivity index (χ1v) is 7.10. The Hall–Kier alpha value is -2.10. The minimum atomic E-state index is -0.183. The first kappa shape index (κ1) is 14.3. The molecule has 0 fully saturated rings. The highest BCUT2D eigenvalue weighted by Crippen LogP contribution is 2.15. The zero-order chi connectivity index (χ0) is 14.4. The number of nitrogens with two attached hydrogens (primary N) is 1. The molecule has 2 rings (SSSR count). The zero-order valence-electron chi connectivity index (χ0n) is 11.1. The van der Waals surface area contributed by atoms with Gasteiger partial charge >= 0.3 is 0 Å². The summed E-state index contributed by atoms with van der Waals surface area (Å²) in [4.78, 5) is 16.7. The SMILES string of the molecule is CCc1cnc(CNC(=O)c2sccc2C#CCN)o1. The Kier molecular flexibility index (Phi) is 4.93. The molecular weight excluding hydrogens is 274 g/mol. The molecule has 0 saturated carbocycles. The Bertz CT molecular complexity index is 649. The Morgan fingerprint density at radius 3 is 3.15 bits per heavy atom. The Labute approximate surface area is 121 Å². The van der Waals surface area contributed by atoms with E-state index in [0.717, 1.165) is 12.2 Å². The van der Waals surface area contributed by atoms with Crippen LogP contribution in [0.1, 0.15) is 33.8 Å². The fourth-order valence-corrected chi connectivity index (χ4v) is 2.32. The number of nitrogens with zero attached hydrogens (tertiary/aromatic N) is 1. The Morgan fingerprint density at radius 1 is 1.60 bits per heavy atom. The van der Waals surface area contributed by atoms with Crippen LogP contribution in [0.15, 0.2) is 22.1 Å². The maximum Gasteiger partial charge on any atom is 0.263 e. The third-order valence-corrected chi connectivity index (χ3v) is 3.46. The lowest BCUT2D eigenvalue weighted by Gasteiger charge is -2.01. The topological polar surface area (TPSA) is 81.2 Å². The summed E-state index contributed by atoms with van der Waals surface area (Å²) in [6.07, 6.45) is 2.45. The molecule has 0 bridgehead atoms. The first-order valence-electron chi connectivity index (χ1n) is 6.22. The summed E-state index contributed by atoms with van der Waals surface area (Å²) in [5.41, 5.74) is 6.02. The van der Waals surface area contributed by atoms with Crippen LogP contribution in [0.4, 0.5) is 0 Å². The van der Waals surface area contributed by atoms with Gasteiger partial charge < -0.3 is 15.5 Å². The summed E-state index contributed by atoms with van der Waals surface area (Å²) in [6, 6.07) is 1.81. The van der Waals surface area contributed by atoms with Crippen molar-refractivity contribution in [3.63, 3.8) is 0 Å². The van der Waals surface area contributed by atoms with Crippen LogP contribution < -0.4 is 11.1 Å². The van der Waals surface area contributed by atoms with E-state index in [2.05, 4.69) is 22.1 Å². The number of carbonyl (C=O) groups is 1. The van der Waals surface area contributed by atoms with Gasteiger partial charge in [-0.1, -0.05) is 18.8 Å². The van der Waals surface area contributed by atoms with Crippen LogP contribution in [0, 0.1) is 11.8 Å². The number of hydrogen-bond donors (Lipinski definition) is 2. The highest BCUT2D eigenvalue weighted by Gasteiger charge is 2.12. The molecule has 0 aromatic carbocycles. The number of amides is 1. The van der Waals surface area contributed by atoms with Crippen molar-refractivity contribution < 1.29 is 9.21 Å². The van der Waals surface area contributed by atoms with Crippen LogP contribution in [0.5, 0.6) is 0 Å². The van der Waals surface area contributed by atoms with Crippen molar-refractivity contribution in [1.82, 2.24) is 10.3 Å². The van der Waals surface area contributed by atoms with Crippen molar-refractivity contribution in [2.24, 2.45) is 5.73 Å². The van der Waals surface area contributed by atoms with Crippen molar-refractivity contribution in [1.29, 1.82) is 0 Å². The largest absolute Gasteiger partial charge is 0.444 e. The van der Waals surface area contributed by atoms with Crippen molar-refractivity contribution in [2.45, 2.75) is 19.9 Å². The van der Waals surface area contributed by atoms with Crippen LogP contribution >= 0.6 is 11.3 Å². The fourth-order valence-electron chi connectivity index (χ4n) is 1.56. The zero-order valence-corrected chi connectivity index (χ0v) is 11.9. The third kappa shape index (κ3) is 3.47. The van der Waals surface area contributed by atoms with Gasteiger partial charge in [0.25, 0.3) is 5.91 Å². The summed E-state index contributed by atoms with van der Waals surface area (Å²) in [5.74, 6) is 6.75. The van der Waals surface area contributed by atoms with Crippen LogP contribution in [0.3, 0.4) is 0 Å². The smallest absolute Gasteiger partial charge is 0.263 e. The molecule has 2 heterocycles. The minimum absolute atomic E-state index is 0.183. The highest BCUT2D eigenvalue weighted by molar-refractivity contribution is 7.12. The quantitative estimate of drug-likeness (QED) is 0.837. The van der Waals surface area contributed by atoms with Gasteiger partial charge in [-0.3, -0.25) is 4.79 Å². The van der Waals surface area contributed by atoms with Crippen LogP contribution in [0.2, 0.25) is 0 Å². The minimum Gasteiger partial charge on any atom is -0.444 e. The fraction of sp³-hybridized carbons (Fsp3) is 0.286. The second-order valence-electron chi connectivity index (χ2n) is 3.93. The van der Waals surface area contributed by atoms with Crippen molar-refractivity contribution in [2.75, 3.05) is 6.54 Å². The number of carbonyl (C=O) groups excluding carboxylic acids is 1. The van der Waals surface area contributed by atoms with E-state index < -0.39 is 0 Å². The number of aromatic nitrogens is 1. The lowest BCUT2D eigenvalue weighted by atomic mass is 10.2. The van der Waals surface area contributed by atoms with E-state index in [1.54, 1.807) is 6.20 Å². The molecule has 5 nitrogen and oxygen atoms in total. The van der Waals surface area contributed by atoms with Gasteiger partial charge in [0.2, 0.25) is 5.89 Å². The molecule has 0 aliphatic rings. The van der Waals surface area contributed by atoms with Gasteiger partial charge in [0.1, 0.15) is 10.6 Å². The Balaban J connectivity index is 2.00. The van der Waals surface area contributed by atoms with Crippen LogP contribution in [-0.4, -0.2) is 17.4 Å². The number of rotatable bonds is 4. The average molecular weight is 289 g/mol. The summed E-state index contributed by atoms with van der Waals surface area (Å²) < 4.78 is 5.43. The molecule has 1 amide bonds. The van der Waals surface area contributed by atoms with Crippen LogP contribution in [0.25, 0.3) is 0 Å². The molecule has 0 unspecified atom stereocenters. The normalized spacial score (nSPS) is 9.90. The van der Waals surface area contributed by atoms with E-state index in [9.17, 15) is 4.79 Å². The monoisotopic (exact) mass is 289 g/mol. The number of nitrogens with one attached hydrogen (secondary N) is 1. The number of aryl methyl sites for hydroxylation is 1. The molecule has 6 heteroatoms. The van der Waals surface area contributed by atoms with Gasteiger partial charge in [0.05, 0.1) is 19.3 Å². The van der Waals surface area contributed by atoms with Gasteiger partial charge in [0.15, 0.2) is 0 Å². The second kappa shape index (κ2) is 6.89. The number of oxazole rings is 1. The molecule has 0 aliphatic heterocycles. The van der Waals surface area contributed by atoms with Crippen LogP contribution in [-0.2, 0) is 13.0 Å². The van der Waals surface area contributed by atoms with Gasteiger partial charge in [0, 0.05) is 12.0 Å². The number of hydrogen-bond acceptors (Lipinski definition) is 5. The molecule has 0 aliphatic carbocycles. The summed E-state index contributed by atoms with van der Waals surface area (Å²) in [5, 5.41) is 4.60. The molecule has 0 saturated heterocycles. The second-order valence-corrected chi connectivity index (χ2v) is 4.84. The summed E-state index contributed by atoms with van der Waals surface area (Å²) in [6.45, 7) is 2.52. The van der Waals surface area contributed by atoms with Crippen molar-refractivity contribution in [3.8, 4) is 11.8 Å². The molecule has 0 radical (unpaired) electrons. The van der Waals surface area contributed by atoms with E-state index >= 15 is 0 Å². The maximum absolute atomic E-state index is 12.1. The van der Waals surface area contributed by atoms with Crippen molar-refractivity contribution in [3.05, 3.63) is 39.7 Å². The maximum atomic E-state index is 12.1. The third-order valence-electron chi connectivity index (χ3n) is 2.55. The highest BCUT2D eigenvalue weighted by atomic mass is 32.1. The Morgan fingerprint density at radius 2 is 2.45 bits per heavy atom. The molecule has 0 spiro atoms. The first-order chi connectivity index (χ1) is 9.74. The molecule has 2 aromatic heterocycles. The molecule has 20 heavy (non-hydrogen) atoms. The summed E-state index contributed by atoms with van der Waals surface area (Å²) >= 11 is 1.35. The van der Waals surface area contributed by atoms with Gasteiger partial charge in [-0.15, -0.1) is 11.3 Å². The van der Waals surface area contributed by atoms with E-state index in [0.29, 0.717) is 16.3 Å². The molecular formula is C14H15N3O2S. The average Bonchev–Trinajstić information content (AvgIpc) is 3.11. The lowest BCUT2D eigenvalue weighted by molar-refractivity contribution is 0.0951. The van der Waals surface area contributed by atoms with E-state index in [1.807, 2.05) is 18.4 Å². The van der Waals surface area contributed by atoms with Gasteiger partial charge in [-0.25, -0.2) is 4.98 Å². The van der Waals surface area contributed by atoms with E-state index in [-0.39, 0.29) is 19.0 Å². The molecule has 3 N–H and O–H groups in total.